The highest BCUT2D eigenvalue weighted by molar-refractivity contribution is 7.97. The number of hydrogen-bond acceptors (Lipinski definition) is 7. The van der Waals surface area contributed by atoms with Crippen molar-refractivity contribution in [2.24, 2.45) is 5.92 Å². The van der Waals surface area contributed by atoms with Crippen molar-refractivity contribution in [1.29, 1.82) is 0 Å². The first-order valence-corrected chi connectivity index (χ1v) is 16.9. The molecule has 1 atom stereocenters. The maximum atomic E-state index is 14.0. The van der Waals surface area contributed by atoms with Gasteiger partial charge < -0.3 is 20.9 Å². The molecule has 2 fully saturated rings. The number of nitrogen functional groups attached to an aromatic ring is 1. The lowest BCUT2D eigenvalue weighted by Gasteiger charge is -2.36. The van der Waals surface area contributed by atoms with Crippen LogP contribution in [0.15, 0.2) is 35.4 Å². The monoisotopic (exact) mass is 621 g/mol. The third kappa shape index (κ3) is 7.33. The highest BCUT2D eigenvalue weighted by Gasteiger charge is 2.40. The number of pyridine rings is 2. The van der Waals surface area contributed by atoms with Crippen LogP contribution in [-0.4, -0.2) is 58.0 Å². The molecule has 1 saturated heterocycles. The molecule has 0 radical (unpaired) electrons. The second-order valence-corrected chi connectivity index (χ2v) is 15.2. The summed E-state index contributed by atoms with van der Waals surface area (Å²) in [6.07, 6.45) is 9.64. The number of rotatable bonds is 6. The zero-order valence-electron chi connectivity index (χ0n) is 27.2. The van der Waals surface area contributed by atoms with Gasteiger partial charge in [-0.15, -0.1) is 0 Å². The number of nitrogens with one attached hydrogen (secondary N) is 2. The van der Waals surface area contributed by atoms with E-state index in [1.165, 1.54) is 19.3 Å². The van der Waals surface area contributed by atoms with Gasteiger partial charge in [-0.05, 0) is 69.2 Å². The third-order valence-corrected chi connectivity index (χ3v) is 9.78. The molecule has 4 N–H and O–H groups in total. The minimum Gasteiger partial charge on any atom is -0.384 e. The van der Waals surface area contributed by atoms with Gasteiger partial charge in [-0.1, -0.05) is 59.1 Å². The Morgan fingerprint density at radius 2 is 1.89 bits per heavy atom. The van der Waals surface area contributed by atoms with Crippen LogP contribution in [-0.2, 0) is 5.41 Å². The van der Waals surface area contributed by atoms with Gasteiger partial charge in [0, 0.05) is 55.6 Å². The fraction of sp³-hybridized carbons (Fsp3) is 0.588. The largest absolute Gasteiger partial charge is 0.384 e. The molecule has 0 unspecified atom stereocenters. The highest BCUT2D eigenvalue weighted by atomic mass is 32.2. The number of aromatic nitrogens is 2. The van der Waals surface area contributed by atoms with Gasteiger partial charge in [0.15, 0.2) is 0 Å². The minimum atomic E-state index is -0.259. The third-order valence-electron chi connectivity index (χ3n) is 9.05. The molecule has 4 heterocycles. The average molecular weight is 622 g/mol. The molecule has 44 heavy (non-hydrogen) atoms. The molecule has 2 aliphatic heterocycles. The number of carbonyl (C=O) groups excluding carboxylic acids is 2. The van der Waals surface area contributed by atoms with Gasteiger partial charge in [-0.25, -0.2) is 14.8 Å². The summed E-state index contributed by atoms with van der Waals surface area (Å²) < 4.78 is 3.01. The fourth-order valence-corrected chi connectivity index (χ4v) is 7.51. The Kier molecular flexibility index (Phi) is 9.49. The van der Waals surface area contributed by atoms with E-state index in [0.717, 1.165) is 60.4 Å². The van der Waals surface area contributed by atoms with Crippen molar-refractivity contribution >= 4 is 41.1 Å². The number of hydrogen-bond donors (Lipinski definition) is 3. The van der Waals surface area contributed by atoms with Crippen LogP contribution in [0.25, 0.3) is 5.57 Å². The molecule has 0 spiro atoms. The molecule has 0 aromatic carbocycles. The van der Waals surface area contributed by atoms with Gasteiger partial charge >= 0.3 is 6.03 Å². The van der Waals surface area contributed by atoms with Crippen molar-refractivity contribution < 1.29 is 11.0 Å². The van der Waals surface area contributed by atoms with Crippen LogP contribution in [0.5, 0.6) is 0 Å². The van der Waals surface area contributed by atoms with Crippen LogP contribution in [0.4, 0.5) is 16.4 Å². The summed E-state index contributed by atoms with van der Waals surface area (Å²) in [6, 6.07) is 7.71. The van der Waals surface area contributed by atoms with Crippen molar-refractivity contribution in [3.8, 4) is 0 Å². The molecular weight excluding hydrogens is 570 g/mol. The topological polar surface area (TPSA) is 116 Å². The Morgan fingerprint density at radius 3 is 2.50 bits per heavy atom. The van der Waals surface area contributed by atoms with Crippen LogP contribution in [0.1, 0.15) is 110 Å². The van der Waals surface area contributed by atoms with Crippen LogP contribution in [0, 0.1) is 5.92 Å². The van der Waals surface area contributed by atoms with Crippen molar-refractivity contribution in [1.82, 2.24) is 24.9 Å². The average Bonchev–Trinajstić information content (AvgIpc) is 3.26. The second-order valence-electron chi connectivity index (χ2n) is 14.4. The SMILES string of the molecule is C[C@@H]1CN(c2nc(C(C)(C)C)c(C3=CCN(C(=O)NC4CCCCC4)CC3)cc2C(=O)NSc2cccc(N)n2)C(C)(C)C1.[HH]. The van der Waals surface area contributed by atoms with E-state index in [4.69, 9.17) is 10.7 Å². The summed E-state index contributed by atoms with van der Waals surface area (Å²) in [5.74, 6) is 1.39. The van der Waals surface area contributed by atoms with Crippen LogP contribution in [0.3, 0.4) is 0 Å². The molecule has 9 nitrogen and oxygen atoms in total. The predicted octanol–water partition coefficient (Wildman–Crippen LogP) is 6.80. The summed E-state index contributed by atoms with van der Waals surface area (Å²) >= 11 is 1.16. The summed E-state index contributed by atoms with van der Waals surface area (Å²) in [7, 11) is 0. The summed E-state index contributed by atoms with van der Waals surface area (Å²) in [5, 5.41) is 3.88. The Labute approximate surface area is 268 Å². The molecule has 5 rings (SSSR count). The van der Waals surface area contributed by atoms with Crippen molar-refractivity contribution in [2.75, 3.05) is 30.3 Å². The van der Waals surface area contributed by atoms with Gasteiger partial charge in [-0.3, -0.25) is 9.52 Å². The molecule has 3 aliphatic rings. The number of urea groups is 1. The Morgan fingerprint density at radius 1 is 1.14 bits per heavy atom. The quantitative estimate of drug-likeness (QED) is 0.304. The molecule has 240 valence electrons. The van der Waals surface area contributed by atoms with E-state index in [2.05, 4.69) is 67.5 Å². The molecule has 1 saturated carbocycles. The number of anilines is 2. The van der Waals surface area contributed by atoms with Crippen molar-refractivity contribution in [3.63, 3.8) is 0 Å². The summed E-state index contributed by atoms with van der Waals surface area (Å²) in [4.78, 5) is 40.9. The van der Waals surface area contributed by atoms with Crippen LogP contribution >= 0.6 is 11.9 Å². The maximum Gasteiger partial charge on any atom is 0.317 e. The van der Waals surface area contributed by atoms with Gasteiger partial charge in [0.05, 0.1) is 11.3 Å². The van der Waals surface area contributed by atoms with E-state index >= 15 is 0 Å². The zero-order chi connectivity index (χ0) is 31.6. The van der Waals surface area contributed by atoms with Crippen LogP contribution in [0.2, 0.25) is 0 Å². The number of carbonyl (C=O) groups is 2. The first-order valence-electron chi connectivity index (χ1n) is 16.1. The molecule has 0 bridgehead atoms. The van der Waals surface area contributed by atoms with Crippen molar-refractivity contribution in [3.05, 3.63) is 47.2 Å². The highest BCUT2D eigenvalue weighted by Crippen LogP contribution is 2.41. The number of amides is 3. The lowest BCUT2D eigenvalue weighted by molar-refractivity contribution is 0.0984. The smallest absolute Gasteiger partial charge is 0.317 e. The minimum absolute atomic E-state index is 0. The Balaban J connectivity index is 0.00000461. The molecule has 1 aliphatic carbocycles. The number of nitrogens with two attached hydrogens (primary N) is 1. The molecule has 2 aromatic heterocycles. The van der Waals surface area contributed by atoms with E-state index in [1.54, 1.807) is 6.07 Å². The lowest BCUT2D eigenvalue weighted by Crippen LogP contribution is -2.46. The van der Waals surface area contributed by atoms with Gasteiger partial charge in [0.2, 0.25) is 0 Å². The Hall–Kier alpha value is -3.27. The lowest BCUT2D eigenvalue weighted by atomic mass is 9.83. The van der Waals surface area contributed by atoms with Gasteiger partial charge in [0.1, 0.15) is 16.7 Å². The van der Waals surface area contributed by atoms with Gasteiger partial charge in [0.25, 0.3) is 5.91 Å². The molecule has 2 aromatic rings. The summed E-state index contributed by atoms with van der Waals surface area (Å²) in [6.45, 7) is 15.2. The molecule has 10 heteroatoms. The van der Waals surface area contributed by atoms with Crippen molar-refractivity contribution in [2.45, 2.75) is 109 Å². The van der Waals surface area contributed by atoms with E-state index in [0.29, 0.717) is 41.8 Å². The maximum absolute atomic E-state index is 14.0. The Bertz CT molecular complexity index is 1420. The fourth-order valence-electron chi connectivity index (χ4n) is 6.90. The first kappa shape index (κ1) is 32.1. The second kappa shape index (κ2) is 13.0. The zero-order valence-corrected chi connectivity index (χ0v) is 28.0. The van der Waals surface area contributed by atoms with E-state index in [-0.39, 0.29) is 30.4 Å². The van der Waals surface area contributed by atoms with E-state index in [9.17, 15) is 9.59 Å². The molecule has 3 amide bonds. The van der Waals surface area contributed by atoms with E-state index < -0.39 is 0 Å². The van der Waals surface area contributed by atoms with Gasteiger partial charge in [-0.2, -0.15) is 0 Å². The molecular formula is C34H51N7O2S. The van der Waals surface area contributed by atoms with E-state index in [1.807, 2.05) is 23.1 Å². The first-order chi connectivity index (χ1) is 20.8. The normalized spacial score (nSPS) is 20.8. The summed E-state index contributed by atoms with van der Waals surface area (Å²) in [5.41, 5.74) is 9.10. The number of nitrogens with zero attached hydrogens (tertiary/aromatic N) is 4. The predicted molar refractivity (Wildman–Crippen MR) is 182 cm³/mol. The van der Waals surface area contributed by atoms with Crippen LogP contribution < -0.4 is 20.7 Å². The standard InChI is InChI=1S/C34H49N7O2S.H2/c1-22-20-34(5,6)41(21-22)30-26(31(42)39-44-28-14-10-13-27(35)37-28)19-25(29(38-30)33(2,3)4)23-15-17-40(18-16-23)32(43)36-24-11-8-7-9-12-24;/h10,13-15,19,22,24H,7-9,11-12,16-18,20-21H2,1-6H3,(H2,35,37)(H,36,43)(H,39,42);1H/t22-;/m0./s1.